The number of unbranched alkanes of at least 4 members (excludes halogenated alkanes) is 7. The average molecular weight is 291 g/mol. The lowest BCUT2D eigenvalue weighted by molar-refractivity contribution is -0.145. The lowest BCUT2D eigenvalue weighted by Crippen LogP contribution is -2.04. The Morgan fingerprint density at radius 3 is 2.05 bits per heavy atom. The molecule has 0 aliphatic carbocycles. The third-order valence-electron chi connectivity index (χ3n) is 3.58. The van der Waals surface area contributed by atoms with Crippen molar-refractivity contribution in [3.05, 3.63) is 35.9 Å². The maximum atomic E-state index is 11.6. The molecule has 1 aromatic carbocycles. The number of esters is 1. The zero-order valence-electron chi connectivity index (χ0n) is 13.1. The minimum Gasteiger partial charge on any atom is -0.461 e. The predicted molar refractivity (Wildman–Crippen MR) is 86.8 cm³/mol. The minimum absolute atomic E-state index is 0.0817. The molecular weight excluding hydrogens is 262 g/mol. The van der Waals surface area contributed by atoms with Crippen molar-refractivity contribution < 1.29 is 9.53 Å². The number of ether oxygens (including phenoxy) is 1. The van der Waals surface area contributed by atoms with Crippen LogP contribution in [0.3, 0.4) is 0 Å². The molecule has 118 valence electrons. The van der Waals surface area contributed by atoms with Gasteiger partial charge in [-0.15, -0.1) is 0 Å². The fraction of sp³-hybridized carbons (Fsp3) is 0.611. The first-order valence-corrected chi connectivity index (χ1v) is 8.22. The van der Waals surface area contributed by atoms with E-state index in [1.165, 1.54) is 32.1 Å². The molecule has 0 radical (unpaired) electrons. The molecule has 0 aliphatic rings. The van der Waals surface area contributed by atoms with Crippen LogP contribution in [0.5, 0.6) is 0 Å². The lowest BCUT2D eigenvalue weighted by atomic mass is 10.1. The van der Waals surface area contributed by atoms with Gasteiger partial charge in [-0.3, -0.25) is 4.79 Å². The zero-order valence-corrected chi connectivity index (χ0v) is 13.1. The molecule has 0 amide bonds. The first-order chi connectivity index (χ1) is 10.3. The number of carbonyl (C=O) groups is 1. The highest BCUT2D eigenvalue weighted by atomic mass is 16.5. The Morgan fingerprint density at radius 2 is 1.43 bits per heavy atom. The molecule has 0 saturated heterocycles. The van der Waals surface area contributed by atoms with Crippen LogP contribution in [0.25, 0.3) is 0 Å². The Labute approximate surface area is 128 Å². The Morgan fingerprint density at radius 1 is 0.857 bits per heavy atom. The van der Waals surface area contributed by atoms with Gasteiger partial charge in [0.1, 0.15) is 6.61 Å². The van der Waals surface area contributed by atoms with Crippen LogP contribution >= 0.6 is 0 Å². The van der Waals surface area contributed by atoms with E-state index in [-0.39, 0.29) is 5.97 Å². The van der Waals surface area contributed by atoms with Crippen molar-refractivity contribution in [2.75, 3.05) is 6.54 Å². The van der Waals surface area contributed by atoms with E-state index in [0.717, 1.165) is 31.4 Å². The summed E-state index contributed by atoms with van der Waals surface area (Å²) in [6, 6.07) is 9.81. The van der Waals surface area contributed by atoms with Gasteiger partial charge in [0.05, 0.1) is 0 Å². The number of hydrogen-bond acceptors (Lipinski definition) is 3. The zero-order chi connectivity index (χ0) is 15.2. The monoisotopic (exact) mass is 291 g/mol. The molecule has 3 heteroatoms. The third kappa shape index (κ3) is 10.1. The Hall–Kier alpha value is -1.35. The van der Waals surface area contributed by atoms with E-state index >= 15 is 0 Å². The quantitative estimate of drug-likeness (QED) is 0.464. The second kappa shape index (κ2) is 12.4. The van der Waals surface area contributed by atoms with Gasteiger partial charge in [-0.2, -0.15) is 0 Å². The van der Waals surface area contributed by atoms with Gasteiger partial charge in [0.2, 0.25) is 0 Å². The Kier molecular flexibility index (Phi) is 10.4. The topological polar surface area (TPSA) is 52.3 Å². The smallest absolute Gasteiger partial charge is 0.306 e. The van der Waals surface area contributed by atoms with Crippen molar-refractivity contribution in [3.8, 4) is 0 Å². The number of hydrogen-bond donors (Lipinski definition) is 1. The van der Waals surface area contributed by atoms with Crippen LogP contribution in [0, 0.1) is 0 Å². The van der Waals surface area contributed by atoms with Crippen molar-refractivity contribution in [3.63, 3.8) is 0 Å². The molecule has 0 heterocycles. The van der Waals surface area contributed by atoms with E-state index in [9.17, 15) is 4.79 Å². The molecule has 0 bridgehead atoms. The summed E-state index contributed by atoms with van der Waals surface area (Å²) in [6.45, 7) is 1.20. The maximum absolute atomic E-state index is 11.6. The fourth-order valence-electron chi connectivity index (χ4n) is 2.28. The number of rotatable bonds is 12. The Bertz CT molecular complexity index is 365. The van der Waals surface area contributed by atoms with Crippen molar-refractivity contribution in [2.24, 2.45) is 5.73 Å². The highest BCUT2D eigenvalue weighted by Gasteiger charge is 2.03. The molecule has 1 rings (SSSR count). The van der Waals surface area contributed by atoms with Gasteiger partial charge in [-0.05, 0) is 24.9 Å². The first kappa shape index (κ1) is 17.7. The number of carbonyl (C=O) groups excluding carboxylic acids is 1. The molecule has 0 saturated carbocycles. The van der Waals surface area contributed by atoms with E-state index in [4.69, 9.17) is 10.5 Å². The van der Waals surface area contributed by atoms with E-state index in [1.54, 1.807) is 0 Å². The molecule has 0 atom stereocenters. The standard InChI is InChI=1S/C18H29NO2/c19-15-11-6-4-2-1-3-5-10-14-18(20)21-16-17-12-8-7-9-13-17/h7-9,12-13H,1-6,10-11,14-16,19H2. The van der Waals surface area contributed by atoms with Gasteiger partial charge in [0.25, 0.3) is 0 Å². The average Bonchev–Trinajstić information content (AvgIpc) is 2.52. The van der Waals surface area contributed by atoms with Gasteiger partial charge < -0.3 is 10.5 Å². The van der Waals surface area contributed by atoms with Crippen LogP contribution in [0.15, 0.2) is 30.3 Å². The van der Waals surface area contributed by atoms with Crippen LogP contribution in [0.1, 0.15) is 63.4 Å². The van der Waals surface area contributed by atoms with Crippen molar-refractivity contribution in [1.29, 1.82) is 0 Å². The van der Waals surface area contributed by atoms with Crippen LogP contribution in [-0.2, 0) is 16.1 Å². The predicted octanol–water partition coefficient (Wildman–Crippen LogP) is 4.20. The fourth-order valence-corrected chi connectivity index (χ4v) is 2.28. The van der Waals surface area contributed by atoms with Crippen molar-refractivity contribution >= 4 is 5.97 Å². The second-order valence-corrected chi connectivity index (χ2v) is 5.51. The maximum Gasteiger partial charge on any atom is 0.306 e. The van der Waals surface area contributed by atoms with Gasteiger partial charge in [0.15, 0.2) is 0 Å². The van der Waals surface area contributed by atoms with Crippen LogP contribution < -0.4 is 5.73 Å². The highest BCUT2D eigenvalue weighted by molar-refractivity contribution is 5.69. The van der Waals surface area contributed by atoms with Gasteiger partial charge in [0, 0.05) is 6.42 Å². The molecule has 2 N–H and O–H groups in total. The summed E-state index contributed by atoms with van der Waals surface area (Å²) >= 11 is 0. The molecule has 21 heavy (non-hydrogen) atoms. The summed E-state index contributed by atoms with van der Waals surface area (Å²) in [4.78, 5) is 11.6. The minimum atomic E-state index is -0.0817. The third-order valence-corrected chi connectivity index (χ3v) is 3.58. The molecule has 0 fully saturated rings. The molecule has 1 aromatic rings. The van der Waals surface area contributed by atoms with E-state index in [1.807, 2.05) is 30.3 Å². The number of benzene rings is 1. The second-order valence-electron chi connectivity index (χ2n) is 5.51. The van der Waals surface area contributed by atoms with E-state index in [2.05, 4.69) is 0 Å². The Balaban J connectivity index is 1.89. The van der Waals surface area contributed by atoms with Gasteiger partial charge in [-0.25, -0.2) is 0 Å². The molecule has 3 nitrogen and oxygen atoms in total. The first-order valence-electron chi connectivity index (χ1n) is 8.22. The molecule has 0 aliphatic heterocycles. The summed E-state index contributed by atoms with van der Waals surface area (Å²) in [5, 5.41) is 0. The molecule has 0 aromatic heterocycles. The van der Waals surface area contributed by atoms with Crippen molar-refractivity contribution in [1.82, 2.24) is 0 Å². The molecular formula is C18H29NO2. The van der Waals surface area contributed by atoms with E-state index in [0.29, 0.717) is 13.0 Å². The van der Waals surface area contributed by atoms with E-state index < -0.39 is 0 Å². The van der Waals surface area contributed by atoms with Crippen LogP contribution in [0.2, 0.25) is 0 Å². The lowest BCUT2D eigenvalue weighted by Gasteiger charge is -2.05. The van der Waals surface area contributed by atoms with Crippen molar-refractivity contribution in [2.45, 2.75) is 64.4 Å². The summed E-state index contributed by atoms with van der Waals surface area (Å²) in [7, 11) is 0. The van der Waals surface area contributed by atoms with Crippen LogP contribution in [-0.4, -0.2) is 12.5 Å². The van der Waals surface area contributed by atoms with Gasteiger partial charge >= 0.3 is 5.97 Å². The largest absolute Gasteiger partial charge is 0.461 e. The summed E-state index contributed by atoms with van der Waals surface area (Å²) in [6.07, 6.45) is 10.1. The molecule has 0 unspecified atom stereocenters. The summed E-state index contributed by atoms with van der Waals surface area (Å²) in [5.74, 6) is -0.0817. The summed E-state index contributed by atoms with van der Waals surface area (Å²) in [5.41, 5.74) is 6.50. The SMILES string of the molecule is NCCCCCCCCCCC(=O)OCc1ccccc1. The summed E-state index contributed by atoms with van der Waals surface area (Å²) < 4.78 is 5.25. The number of nitrogens with two attached hydrogens (primary N) is 1. The van der Waals surface area contributed by atoms with Crippen LogP contribution in [0.4, 0.5) is 0 Å². The van der Waals surface area contributed by atoms with Gasteiger partial charge in [-0.1, -0.05) is 68.9 Å². The molecule has 0 spiro atoms. The normalized spacial score (nSPS) is 10.5. The highest BCUT2D eigenvalue weighted by Crippen LogP contribution is 2.10.